The normalized spacial score (nSPS) is 16.1. The maximum atomic E-state index is 12.7. The van der Waals surface area contributed by atoms with E-state index in [-0.39, 0.29) is 35.3 Å². The number of halogens is 1. The Balaban J connectivity index is 0.00000364. The number of guanidine groups is 1. The Labute approximate surface area is 184 Å². The van der Waals surface area contributed by atoms with Gasteiger partial charge in [-0.1, -0.05) is 26.7 Å². The number of amides is 1. The number of rotatable bonds is 7. The molecule has 2 rings (SSSR count). The smallest absolute Gasteiger partial charge is 0.230 e. The first kappa shape index (κ1) is 24.1. The number of aromatic nitrogens is 1. The molecule has 1 aromatic heterocycles. The predicted octanol–water partition coefficient (Wildman–Crippen LogP) is 3.59. The standard InChI is InChI=1S/C19H33N5OS.HI/c1-6-20-18(21-11-16-23-15(12-26-16)14(2)3)22-13-19(9-7-8-10-19)17(25)24(4)5;/h12,14H,6-11,13H2,1-5H3,(H2,20,21,22);1H. The average Bonchev–Trinajstić information content (AvgIpc) is 3.26. The highest BCUT2D eigenvalue weighted by molar-refractivity contribution is 14.0. The third-order valence-corrected chi connectivity index (χ3v) is 5.74. The molecule has 0 atom stereocenters. The summed E-state index contributed by atoms with van der Waals surface area (Å²) in [5.41, 5.74) is 0.825. The minimum Gasteiger partial charge on any atom is -0.357 e. The van der Waals surface area contributed by atoms with Gasteiger partial charge in [-0.3, -0.25) is 4.79 Å². The first-order chi connectivity index (χ1) is 12.4. The fourth-order valence-electron chi connectivity index (χ4n) is 3.40. The first-order valence-corrected chi connectivity index (χ1v) is 10.4. The van der Waals surface area contributed by atoms with Crippen LogP contribution in [0, 0.1) is 5.41 Å². The summed E-state index contributed by atoms with van der Waals surface area (Å²) < 4.78 is 0. The Bertz CT molecular complexity index is 623. The summed E-state index contributed by atoms with van der Waals surface area (Å²) in [5.74, 6) is 1.42. The second-order valence-electron chi connectivity index (χ2n) is 7.56. The van der Waals surface area contributed by atoms with Crippen molar-refractivity contribution in [1.82, 2.24) is 20.5 Å². The lowest BCUT2D eigenvalue weighted by molar-refractivity contribution is -0.138. The van der Waals surface area contributed by atoms with Gasteiger partial charge in [-0.05, 0) is 25.7 Å². The lowest BCUT2D eigenvalue weighted by Crippen LogP contribution is -2.49. The average molecular weight is 507 g/mol. The van der Waals surface area contributed by atoms with E-state index in [1.54, 1.807) is 16.2 Å². The Morgan fingerprint density at radius 2 is 2.00 bits per heavy atom. The lowest BCUT2D eigenvalue weighted by Gasteiger charge is -2.31. The molecule has 2 N–H and O–H groups in total. The number of hydrogen-bond donors (Lipinski definition) is 2. The molecule has 8 heteroatoms. The maximum absolute atomic E-state index is 12.7. The molecule has 154 valence electrons. The van der Waals surface area contributed by atoms with Crippen molar-refractivity contribution in [3.05, 3.63) is 16.1 Å². The van der Waals surface area contributed by atoms with Crippen molar-refractivity contribution in [3.63, 3.8) is 0 Å². The van der Waals surface area contributed by atoms with Crippen molar-refractivity contribution in [2.24, 2.45) is 10.4 Å². The predicted molar refractivity (Wildman–Crippen MR) is 124 cm³/mol. The van der Waals surface area contributed by atoms with Gasteiger partial charge < -0.3 is 15.5 Å². The van der Waals surface area contributed by atoms with Crippen LogP contribution in [-0.2, 0) is 11.3 Å². The summed E-state index contributed by atoms with van der Waals surface area (Å²) in [7, 11) is 3.69. The van der Waals surface area contributed by atoms with Gasteiger partial charge in [-0.25, -0.2) is 9.98 Å². The van der Waals surface area contributed by atoms with E-state index in [2.05, 4.69) is 39.8 Å². The number of nitrogens with zero attached hydrogens (tertiary/aromatic N) is 3. The number of nitrogens with one attached hydrogen (secondary N) is 2. The molecule has 0 aliphatic heterocycles. The molecule has 0 radical (unpaired) electrons. The van der Waals surface area contributed by atoms with Crippen LogP contribution in [0.5, 0.6) is 0 Å². The summed E-state index contributed by atoms with van der Waals surface area (Å²) in [6.07, 6.45) is 4.12. The number of carbonyl (C=O) groups is 1. The van der Waals surface area contributed by atoms with Crippen molar-refractivity contribution < 1.29 is 4.79 Å². The quantitative estimate of drug-likeness (QED) is 0.336. The molecule has 1 aromatic rings. The summed E-state index contributed by atoms with van der Waals surface area (Å²) in [6.45, 7) is 8.32. The Morgan fingerprint density at radius 3 is 2.52 bits per heavy atom. The van der Waals surface area contributed by atoms with Gasteiger partial charge >= 0.3 is 0 Å². The van der Waals surface area contributed by atoms with E-state index in [0.29, 0.717) is 19.0 Å². The highest BCUT2D eigenvalue weighted by Gasteiger charge is 2.42. The van der Waals surface area contributed by atoms with Crippen molar-refractivity contribution in [1.29, 1.82) is 0 Å². The second-order valence-corrected chi connectivity index (χ2v) is 8.50. The van der Waals surface area contributed by atoms with E-state index in [4.69, 9.17) is 0 Å². The summed E-state index contributed by atoms with van der Waals surface area (Å²) >= 11 is 1.65. The number of aliphatic imine (C=N–C) groups is 1. The van der Waals surface area contributed by atoms with E-state index >= 15 is 0 Å². The molecule has 0 unspecified atom stereocenters. The zero-order valence-electron chi connectivity index (χ0n) is 17.2. The molecule has 0 bridgehead atoms. The molecule has 1 aliphatic carbocycles. The van der Waals surface area contributed by atoms with Crippen LogP contribution in [0.2, 0.25) is 0 Å². The molecule has 0 saturated heterocycles. The van der Waals surface area contributed by atoms with E-state index < -0.39 is 0 Å². The number of carbonyl (C=O) groups excluding carboxylic acids is 1. The Morgan fingerprint density at radius 1 is 1.33 bits per heavy atom. The monoisotopic (exact) mass is 507 g/mol. The minimum atomic E-state index is -0.300. The van der Waals surface area contributed by atoms with Gasteiger partial charge in [-0.2, -0.15) is 0 Å². The van der Waals surface area contributed by atoms with E-state index in [9.17, 15) is 4.79 Å². The van der Waals surface area contributed by atoms with Gasteiger partial charge in [0.1, 0.15) is 5.01 Å². The van der Waals surface area contributed by atoms with E-state index in [1.807, 2.05) is 21.0 Å². The maximum Gasteiger partial charge on any atom is 0.230 e. The zero-order chi connectivity index (χ0) is 19.2. The van der Waals surface area contributed by atoms with Gasteiger partial charge in [0.05, 0.1) is 17.7 Å². The molecular weight excluding hydrogens is 473 g/mol. The number of hydrogen-bond acceptors (Lipinski definition) is 4. The van der Waals surface area contributed by atoms with Crippen LogP contribution in [0.1, 0.15) is 63.1 Å². The molecule has 0 aromatic carbocycles. The van der Waals surface area contributed by atoms with Crippen LogP contribution in [0.3, 0.4) is 0 Å². The van der Waals surface area contributed by atoms with Crippen molar-refractivity contribution in [2.75, 3.05) is 27.2 Å². The molecular formula is C19H34IN5OS. The topological polar surface area (TPSA) is 69.6 Å². The fraction of sp³-hybridized carbons (Fsp3) is 0.737. The molecule has 6 nitrogen and oxygen atoms in total. The summed E-state index contributed by atoms with van der Waals surface area (Å²) in [6, 6.07) is 0. The van der Waals surface area contributed by atoms with Gasteiger partial charge in [0.25, 0.3) is 0 Å². The van der Waals surface area contributed by atoms with Crippen LogP contribution >= 0.6 is 35.3 Å². The molecule has 1 saturated carbocycles. The highest BCUT2D eigenvalue weighted by Crippen LogP contribution is 2.38. The molecule has 1 fully saturated rings. The molecule has 1 aliphatic rings. The van der Waals surface area contributed by atoms with Gasteiger partial charge in [0.2, 0.25) is 5.91 Å². The van der Waals surface area contributed by atoms with Crippen LogP contribution in [-0.4, -0.2) is 48.9 Å². The van der Waals surface area contributed by atoms with Crippen molar-refractivity contribution in [3.8, 4) is 0 Å². The third-order valence-electron chi connectivity index (χ3n) is 4.89. The first-order valence-electron chi connectivity index (χ1n) is 9.56. The Kier molecular flexibility index (Phi) is 10.0. The van der Waals surface area contributed by atoms with Crippen LogP contribution in [0.15, 0.2) is 10.4 Å². The highest BCUT2D eigenvalue weighted by atomic mass is 127. The zero-order valence-corrected chi connectivity index (χ0v) is 20.3. The molecule has 1 amide bonds. The fourth-order valence-corrected chi connectivity index (χ4v) is 4.28. The van der Waals surface area contributed by atoms with Gasteiger partial charge in [0.15, 0.2) is 5.96 Å². The minimum absolute atomic E-state index is 0. The third kappa shape index (κ3) is 6.58. The van der Waals surface area contributed by atoms with Gasteiger partial charge in [-0.15, -0.1) is 35.3 Å². The van der Waals surface area contributed by atoms with Crippen LogP contribution < -0.4 is 10.6 Å². The molecule has 1 heterocycles. The van der Waals surface area contributed by atoms with E-state index in [1.165, 1.54) is 0 Å². The van der Waals surface area contributed by atoms with Crippen molar-refractivity contribution >= 4 is 47.2 Å². The molecule has 27 heavy (non-hydrogen) atoms. The van der Waals surface area contributed by atoms with Crippen LogP contribution in [0.25, 0.3) is 0 Å². The largest absolute Gasteiger partial charge is 0.357 e. The number of thiazole rings is 1. The van der Waals surface area contributed by atoms with Gasteiger partial charge in [0, 0.05) is 32.6 Å². The van der Waals surface area contributed by atoms with Crippen molar-refractivity contribution in [2.45, 2.75) is 58.9 Å². The second kappa shape index (κ2) is 11.2. The summed E-state index contributed by atoms with van der Waals surface area (Å²) in [5, 5.41) is 9.82. The molecule has 0 spiro atoms. The Hall–Kier alpha value is -0.900. The van der Waals surface area contributed by atoms with E-state index in [0.717, 1.165) is 48.9 Å². The van der Waals surface area contributed by atoms with Crippen LogP contribution in [0.4, 0.5) is 0 Å². The lowest BCUT2D eigenvalue weighted by atomic mass is 9.84. The SMILES string of the molecule is CCNC(=NCc1nc(C(C)C)cs1)NCC1(C(=O)N(C)C)CCCC1.I. The summed E-state index contributed by atoms with van der Waals surface area (Å²) in [4.78, 5) is 23.7.